The van der Waals surface area contributed by atoms with E-state index < -0.39 is 32.0 Å². The Morgan fingerprint density at radius 2 is 2.04 bits per heavy atom. The quantitative estimate of drug-likeness (QED) is 0.457. The van der Waals surface area contributed by atoms with Gasteiger partial charge < -0.3 is 4.74 Å². The van der Waals surface area contributed by atoms with E-state index in [2.05, 4.69) is 15.5 Å². The van der Waals surface area contributed by atoms with Gasteiger partial charge in [-0.1, -0.05) is 44.3 Å². The minimum atomic E-state index is -3.69. The van der Waals surface area contributed by atoms with Gasteiger partial charge in [0.15, 0.2) is 21.3 Å². The third-order valence-electron chi connectivity index (χ3n) is 4.12. The Kier molecular flexibility index (Phi) is 5.64. The van der Waals surface area contributed by atoms with Crippen molar-refractivity contribution in [1.29, 1.82) is 0 Å². The zero-order valence-corrected chi connectivity index (χ0v) is 18.5. The van der Waals surface area contributed by atoms with Crippen LogP contribution >= 0.6 is 23.5 Å². The molecule has 1 aromatic rings. The third kappa shape index (κ3) is 3.84. The van der Waals surface area contributed by atoms with Gasteiger partial charge in [-0.2, -0.15) is 0 Å². The van der Waals surface area contributed by atoms with E-state index in [-0.39, 0.29) is 22.3 Å². The van der Waals surface area contributed by atoms with Gasteiger partial charge in [0.2, 0.25) is 10.3 Å². The number of β-lactam (4-membered cyclic amide) rings is 1. The molecular weight excluding hydrogens is 426 g/mol. The molecular formula is C15H21N5O5S3. The van der Waals surface area contributed by atoms with Crippen molar-refractivity contribution >= 4 is 44.4 Å². The largest absolute Gasteiger partial charge is 0.368 e. The number of tetrazole rings is 1. The number of ether oxygens (including phenoxy) is 1. The molecule has 0 N–H and O–H groups in total. The molecule has 2 aliphatic rings. The van der Waals surface area contributed by atoms with Crippen molar-refractivity contribution in [2.24, 2.45) is 7.05 Å². The lowest BCUT2D eigenvalue weighted by atomic mass is 10.1. The number of thioether (sulfide) groups is 2. The van der Waals surface area contributed by atoms with Gasteiger partial charge in [-0.15, -0.1) is 5.10 Å². The van der Waals surface area contributed by atoms with Crippen LogP contribution in [0.4, 0.5) is 0 Å². The Labute approximate surface area is 171 Å². The highest BCUT2D eigenvalue weighted by molar-refractivity contribution is 8.15. The van der Waals surface area contributed by atoms with Crippen LogP contribution in [0.1, 0.15) is 20.8 Å². The molecule has 28 heavy (non-hydrogen) atoms. The van der Waals surface area contributed by atoms with Crippen LogP contribution in [0.25, 0.3) is 0 Å². The average Bonchev–Trinajstić information content (AvgIpc) is 2.96. The average molecular weight is 448 g/mol. The number of hydrogen-bond acceptors (Lipinski definition) is 10. The van der Waals surface area contributed by atoms with Gasteiger partial charge in [-0.25, -0.2) is 13.1 Å². The number of hydrogen-bond donors (Lipinski definition) is 0. The lowest BCUT2D eigenvalue weighted by molar-refractivity contribution is -0.160. The van der Waals surface area contributed by atoms with E-state index in [4.69, 9.17) is 4.74 Å². The zero-order chi connectivity index (χ0) is 20.9. The molecule has 13 heteroatoms. The van der Waals surface area contributed by atoms with Gasteiger partial charge in [0.1, 0.15) is 5.70 Å². The highest BCUT2D eigenvalue weighted by Gasteiger charge is 2.60. The fraction of sp³-hybridized carbons (Fsp3) is 0.667. The van der Waals surface area contributed by atoms with Gasteiger partial charge >= 0.3 is 0 Å². The van der Waals surface area contributed by atoms with Crippen molar-refractivity contribution in [2.45, 2.75) is 42.2 Å². The first-order valence-corrected chi connectivity index (χ1v) is 11.9. The summed E-state index contributed by atoms with van der Waals surface area (Å²) in [7, 11) is -0.740. The first-order chi connectivity index (χ1) is 13.0. The van der Waals surface area contributed by atoms with E-state index >= 15 is 0 Å². The lowest BCUT2D eigenvalue weighted by Crippen LogP contribution is -2.70. The molecule has 10 nitrogen and oxygen atoms in total. The second kappa shape index (κ2) is 7.43. The molecule has 0 aliphatic carbocycles. The molecule has 0 spiro atoms. The van der Waals surface area contributed by atoms with Crippen molar-refractivity contribution in [2.75, 3.05) is 18.6 Å². The van der Waals surface area contributed by atoms with E-state index in [1.165, 1.54) is 23.6 Å². The summed E-state index contributed by atoms with van der Waals surface area (Å²) in [5, 5.41) is 10.1. The molecule has 3 rings (SSSR count). The molecule has 0 radical (unpaired) electrons. The van der Waals surface area contributed by atoms with E-state index in [0.29, 0.717) is 10.7 Å². The molecule has 2 atom stereocenters. The number of nitrogens with zero attached hydrogens (tertiary/aromatic N) is 5. The van der Waals surface area contributed by atoms with Gasteiger partial charge in [0, 0.05) is 24.7 Å². The first-order valence-electron chi connectivity index (χ1n) is 8.34. The third-order valence-corrected chi connectivity index (χ3v) is 8.15. The Morgan fingerprint density at radius 1 is 1.36 bits per heavy atom. The van der Waals surface area contributed by atoms with Gasteiger partial charge in [0.05, 0.1) is 5.75 Å². The summed E-state index contributed by atoms with van der Waals surface area (Å²) in [6, 6.07) is 0. The van der Waals surface area contributed by atoms with Crippen molar-refractivity contribution in [1.82, 2.24) is 25.1 Å². The maximum Gasteiger partial charge on any atom is 0.260 e. The number of aryl methyl sites for hydroxylation is 1. The minimum Gasteiger partial charge on any atom is -0.368 e. The molecule has 1 aromatic heterocycles. The van der Waals surface area contributed by atoms with E-state index in [1.54, 1.807) is 7.05 Å². The lowest BCUT2D eigenvalue weighted by Gasteiger charge is -2.48. The van der Waals surface area contributed by atoms with Crippen LogP contribution in [0.15, 0.2) is 16.4 Å². The van der Waals surface area contributed by atoms with E-state index in [1.807, 2.05) is 20.8 Å². The summed E-state index contributed by atoms with van der Waals surface area (Å²) in [5.41, 5.74) is 0.509. The van der Waals surface area contributed by atoms with Crippen molar-refractivity contribution < 1.29 is 22.7 Å². The molecule has 0 unspecified atom stereocenters. The Hall–Kier alpha value is -1.44. The monoisotopic (exact) mass is 447 g/mol. The molecule has 0 aromatic carbocycles. The number of sulfone groups is 1. The van der Waals surface area contributed by atoms with Gasteiger partial charge in [-0.05, 0) is 16.0 Å². The Morgan fingerprint density at radius 3 is 2.57 bits per heavy atom. The van der Waals surface area contributed by atoms with Crippen LogP contribution in [-0.2, 0) is 31.2 Å². The van der Waals surface area contributed by atoms with Gasteiger partial charge in [0.25, 0.3) is 5.91 Å². The number of carbonyl (C=O) groups excluding carboxylic acids is 2. The van der Waals surface area contributed by atoms with E-state index in [0.717, 1.165) is 16.7 Å². The molecule has 2 aliphatic heterocycles. The van der Waals surface area contributed by atoms with Gasteiger partial charge in [-0.3, -0.25) is 14.5 Å². The highest BCUT2D eigenvalue weighted by atomic mass is 32.2. The SMILES string of the molecule is CO[C@H]1C(=O)N2C(C(=O)SC(C)(C)C)=C(CSc3nnnn3C)CS(=O)(=O)[C@H]12. The standard InChI is InChI=1S/C15H21N5O5S3/c1-15(2,3)27-13(22)9-8(6-26-14-16-17-18-19(14)4)7-28(23,24)12-10(25-5)11(21)20(9)12/h10,12H,6-7H2,1-5H3/t10-,12+/m0/s1. The summed E-state index contributed by atoms with van der Waals surface area (Å²) in [5.74, 6) is -0.657. The van der Waals surface area contributed by atoms with Crippen LogP contribution in [0.5, 0.6) is 0 Å². The van der Waals surface area contributed by atoms with Crippen LogP contribution in [0, 0.1) is 0 Å². The van der Waals surface area contributed by atoms with Crippen LogP contribution in [0.3, 0.4) is 0 Å². The molecule has 1 saturated heterocycles. The number of fused-ring (bicyclic) bond motifs is 1. The number of aromatic nitrogens is 4. The maximum absolute atomic E-state index is 13.0. The predicted octanol–water partition coefficient (Wildman–Crippen LogP) is 0.226. The summed E-state index contributed by atoms with van der Waals surface area (Å²) in [6.45, 7) is 5.63. The smallest absolute Gasteiger partial charge is 0.260 e. The predicted molar refractivity (Wildman–Crippen MR) is 104 cm³/mol. The topological polar surface area (TPSA) is 124 Å². The second-order valence-electron chi connectivity index (χ2n) is 7.39. The molecule has 1 fully saturated rings. The molecule has 154 valence electrons. The number of methoxy groups -OCH3 is 1. The fourth-order valence-electron chi connectivity index (χ4n) is 2.98. The normalized spacial score (nSPS) is 24.2. The number of amides is 1. The Bertz CT molecular complexity index is 950. The summed E-state index contributed by atoms with van der Waals surface area (Å²) in [6.07, 6.45) is -1.08. The molecule has 3 heterocycles. The highest BCUT2D eigenvalue weighted by Crippen LogP contribution is 2.42. The number of carbonyl (C=O) groups is 2. The van der Waals surface area contributed by atoms with Crippen molar-refractivity contribution in [3.8, 4) is 0 Å². The fourth-order valence-corrected chi connectivity index (χ4v) is 6.90. The van der Waals surface area contributed by atoms with Crippen LogP contribution < -0.4 is 0 Å². The van der Waals surface area contributed by atoms with E-state index in [9.17, 15) is 18.0 Å². The van der Waals surface area contributed by atoms with Crippen LogP contribution in [0.2, 0.25) is 0 Å². The maximum atomic E-state index is 13.0. The molecule has 0 bridgehead atoms. The van der Waals surface area contributed by atoms with Crippen molar-refractivity contribution in [3.63, 3.8) is 0 Å². The van der Waals surface area contributed by atoms with Crippen LogP contribution in [-0.4, -0.2) is 79.4 Å². The zero-order valence-electron chi connectivity index (χ0n) is 16.1. The first kappa shape index (κ1) is 21.3. The van der Waals surface area contributed by atoms with Crippen molar-refractivity contribution in [3.05, 3.63) is 11.3 Å². The molecule has 0 saturated carbocycles. The summed E-state index contributed by atoms with van der Waals surface area (Å²) in [4.78, 5) is 26.6. The molecule has 1 amide bonds. The number of rotatable bonds is 5. The summed E-state index contributed by atoms with van der Waals surface area (Å²) < 4.78 is 31.7. The Balaban J connectivity index is 2.00. The summed E-state index contributed by atoms with van der Waals surface area (Å²) >= 11 is 2.27. The second-order valence-corrected chi connectivity index (χ2v) is 12.2. The minimum absolute atomic E-state index is 0.140.